The lowest BCUT2D eigenvalue weighted by Crippen LogP contribution is -2.71. The number of Topliss-reactive ketones (excluding diaryl/α,β-unsaturated/α-hetero) is 2. The second-order valence-corrected chi connectivity index (χ2v) is 11.2. The van der Waals surface area contributed by atoms with Gasteiger partial charge in [-0.1, -0.05) is 6.07 Å². The van der Waals surface area contributed by atoms with E-state index in [0.29, 0.717) is 35.1 Å². The largest absolute Gasteiger partial charge is 0.467 e. The van der Waals surface area contributed by atoms with Crippen molar-refractivity contribution in [3.8, 4) is 11.8 Å². The molecule has 2 unspecified atom stereocenters. The number of ether oxygens (including phenoxy) is 2. The van der Waals surface area contributed by atoms with Crippen molar-refractivity contribution in [2.24, 2.45) is 0 Å². The van der Waals surface area contributed by atoms with Gasteiger partial charge < -0.3 is 14.8 Å². The van der Waals surface area contributed by atoms with Crippen LogP contribution in [0.5, 0.6) is 5.75 Å². The summed E-state index contributed by atoms with van der Waals surface area (Å²) in [4.78, 5) is 43.7. The number of likely N-dealkylation sites (N-methyl/N-ethyl adjacent to an activating group) is 1. The standard InChI is InChI=1S/C30H36N4O5/c1-14-8-19-9-21-23(11-31)34-22(27(33(21)6)25(19)30(15(14)2)39-13-38-7)10-20-26(24(34)12-32-18(5)35)29(37)17(4)16(3)28(20)36/h8,21-24,27H,9-10,12-13H2,1-7H3,(H,32,35)/t21-,22?,23-,24-,27?/m0/s1. The first-order valence-electron chi connectivity index (χ1n) is 13.4. The third-order valence-electron chi connectivity index (χ3n) is 9.22. The molecule has 5 rings (SSSR count). The van der Waals surface area contributed by atoms with E-state index in [1.165, 1.54) is 6.92 Å². The summed E-state index contributed by atoms with van der Waals surface area (Å²) < 4.78 is 11.5. The topological polar surface area (TPSA) is 112 Å². The minimum Gasteiger partial charge on any atom is -0.467 e. The number of aryl methyl sites for hydroxylation is 1. The van der Waals surface area contributed by atoms with Gasteiger partial charge >= 0.3 is 0 Å². The smallest absolute Gasteiger partial charge is 0.216 e. The number of piperazine rings is 1. The number of benzene rings is 1. The fraction of sp³-hybridized carbons (Fsp3) is 0.533. The van der Waals surface area contributed by atoms with E-state index in [9.17, 15) is 19.6 Å². The number of carbonyl (C=O) groups is 3. The van der Waals surface area contributed by atoms with Gasteiger partial charge in [0.2, 0.25) is 5.91 Å². The number of fused-ring (bicyclic) bond motifs is 6. The Morgan fingerprint density at radius 1 is 1.13 bits per heavy atom. The number of methoxy groups -OCH3 is 1. The Bertz CT molecular complexity index is 1390. The fourth-order valence-electron chi connectivity index (χ4n) is 7.10. The van der Waals surface area contributed by atoms with E-state index < -0.39 is 12.1 Å². The molecule has 9 nitrogen and oxygen atoms in total. The molecule has 39 heavy (non-hydrogen) atoms. The van der Waals surface area contributed by atoms with Crippen molar-refractivity contribution in [3.05, 3.63) is 50.6 Å². The maximum absolute atomic E-state index is 13.7. The van der Waals surface area contributed by atoms with Gasteiger partial charge in [0.15, 0.2) is 18.4 Å². The van der Waals surface area contributed by atoms with E-state index in [2.05, 4.69) is 34.2 Å². The SMILES string of the molecule is COCOc1c(C)c(C)cc2c1C1C3CC4=C(C(=O)C(C)=C(C)C4=O)[C@H](CNC(C)=O)N3[C@@H](C#N)[C@H](C2)N1C. The van der Waals surface area contributed by atoms with Crippen LogP contribution in [0, 0.1) is 25.2 Å². The highest BCUT2D eigenvalue weighted by Gasteiger charge is 2.57. The van der Waals surface area contributed by atoms with Gasteiger partial charge in [-0.3, -0.25) is 24.2 Å². The number of rotatable bonds is 5. The van der Waals surface area contributed by atoms with Crippen LogP contribution in [-0.2, 0) is 25.5 Å². The minimum atomic E-state index is -0.595. The van der Waals surface area contributed by atoms with Crippen LogP contribution in [-0.4, -0.2) is 78.9 Å². The van der Waals surface area contributed by atoms with E-state index in [-0.39, 0.29) is 48.9 Å². The summed E-state index contributed by atoms with van der Waals surface area (Å²) in [5.74, 6) is 0.244. The maximum atomic E-state index is 13.7. The number of hydrogen-bond donors (Lipinski definition) is 1. The number of carbonyl (C=O) groups excluding carboxylic acids is 3. The number of hydrogen-bond acceptors (Lipinski definition) is 8. The highest BCUT2D eigenvalue weighted by Crippen LogP contribution is 2.52. The predicted octanol–water partition coefficient (Wildman–Crippen LogP) is 2.45. The van der Waals surface area contributed by atoms with Gasteiger partial charge in [0.1, 0.15) is 11.8 Å². The Balaban J connectivity index is 1.74. The molecule has 1 aromatic rings. The number of nitrogens with one attached hydrogen (secondary N) is 1. The zero-order valence-electron chi connectivity index (χ0n) is 23.7. The van der Waals surface area contributed by atoms with Crippen LogP contribution in [0.25, 0.3) is 0 Å². The van der Waals surface area contributed by atoms with E-state index in [0.717, 1.165) is 28.0 Å². The molecule has 9 heteroatoms. The lowest BCUT2D eigenvalue weighted by molar-refractivity contribution is -0.122. The molecule has 0 radical (unpaired) electrons. The molecule has 1 aromatic carbocycles. The zero-order chi connectivity index (χ0) is 28.3. The Hall–Kier alpha value is -3.32. The molecular formula is C30H36N4O5. The van der Waals surface area contributed by atoms with Crippen molar-refractivity contribution in [3.63, 3.8) is 0 Å². The summed E-state index contributed by atoms with van der Waals surface area (Å²) in [5, 5.41) is 13.4. The number of allylic oxidation sites excluding steroid dienone is 2. The van der Waals surface area contributed by atoms with Crippen LogP contribution in [0.1, 0.15) is 55.5 Å². The summed E-state index contributed by atoms with van der Waals surface area (Å²) in [5.41, 5.74) is 6.12. The molecule has 0 aromatic heterocycles. The van der Waals surface area contributed by atoms with E-state index in [1.807, 2.05) is 14.0 Å². The predicted molar refractivity (Wildman–Crippen MR) is 144 cm³/mol. The number of ketones is 2. The number of nitrogens with zero attached hydrogens (tertiary/aromatic N) is 3. The average Bonchev–Trinajstić information content (AvgIpc) is 2.90. The van der Waals surface area contributed by atoms with Gasteiger partial charge in [-0.05, 0) is 64.3 Å². The molecule has 0 spiro atoms. The molecule has 2 bridgehead atoms. The van der Waals surface area contributed by atoms with E-state index >= 15 is 0 Å². The molecule has 4 aliphatic rings. The highest BCUT2D eigenvalue weighted by molar-refractivity contribution is 6.25. The van der Waals surface area contributed by atoms with Crippen LogP contribution < -0.4 is 10.1 Å². The number of amides is 1. The average molecular weight is 533 g/mol. The van der Waals surface area contributed by atoms with Crippen LogP contribution in [0.2, 0.25) is 0 Å². The molecule has 0 saturated carbocycles. The van der Waals surface area contributed by atoms with Gasteiger partial charge in [-0.15, -0.1) is 0 Å². The Kier molecular flexibility index (Phi) is 7.00. The Labute approximate surface area is 229 Å². The fourth-order valence-corrected chi connectivity index (χ4v) is 7.10. The van der Waals surface area contributed by atoms with Crippen molar-refractivity contribution < 1.29 is 23.9 Å². The van der Waals surface area contributed by atoms with Gasteiger partial charge in [0.05, 0.1) is 18.2 Å². The molecule has 1 amide bonds. The first kappa shape index (κ1) is 27.3. The molecule has 1 saturated heterocycles. The van der Waals surface area contributed by atoms with Crippen molar-refractivity contribution in [1.82, 2.24) is 15.1 Å². The number of nitriles is 1. The van der Waals surface area contributed by atoms with E-state index in [4.69, 9.17) is 9.47 Å². The maximum Gasteiger partial charge on any atom is 0.216 e. The summed E-state index contributed by atoms with van der Waals surface area (Å²) >= 11 is 0. The lowest BCUT2D eigenvalue weighted by Gasteiger charge is -2.60. The molecule has 3 heterocycles. The van der Waals surface area contributed by atoms with Gasteiger partial charge in [-0.25, -0.2) is 0 Å². The third-order valence-corrected chi connectivity index (χ3v) is 9.22. The molecule has 206 valence electrons. The Morgan fingerprint density at radius 3 is 2.46 bits per heavy atom. The highest BCUT2D eigenvalue weighted by atomic mass is 16.7. The normalized spacial score (nSPS) is 28.5. The summed E-state index contributed by atoms with van der Waals surface area (Å²) in [6.07, 6.45) is 0.967. The lowest BCUT2D eigenvalue weighted by atomic mass is 9.69. The first-order valence-corrected chi connectivity index (χ1v) is 13.4. The van der Waals surface area contributed by atoms with Crippen molar-refractivity contribution in [2.45, 2.75) is 77.7 Å². The molecule has 3 aliphatic heterocycles. The van der Waals surface area contributed by atoms with Crippen molar-refractivity contribution >= 4 is 17.5 Å². The van der Waals surface area contributed by atoms with Crippen molar-refractivity contribution in [1.29, 1.82) is 5.26 Å². The monoisotopic (exact) mass is 532 g/mol. The van der Waals surface area contributed by atoms with Crippen LogP contribution in [0.15, 0.2) is 28.4 Å². The summed E-state index contributed by atoms with van der Waals surface area (Å²) in [7, 11) is 3.62. The molecule has 1 aliphatic carbocycles. The molecular weight excluding hydrogens is 496 g/mol. The second kappa shape index (κ2) is 10.0. The van der Waals surface area contributed by atoms with Crippen LogP contribution in [0.3, 0.4) is 0 Å². The Morgan fingerprint density at radius 2 is 1.82 bits per heavy atom. The minimum absolute atomic E-state index is 0.0997. The third kappa shape index (κ3) is 4.05. The van der Waals surface area contributed by atoms with Gasteiger partial charge in [0, 0.05) is 60.5 Å². The van der Waals surface area contributed by atoms with Gasteiger partial charge in [-0.2, -0.15) is 5.26 Å². The van der Waals surface area contributed by atoms with Crippen LogP contribution in [0.4, 0.5) is 0 Å². The van der Waals surface area contributed by atoms with Crippen molar-refractivity contribution in [2.75, 3.05) is 27.5 Å². The zero-order valence-corrected chi connectivity index (χ0v) is 23.7. The van der Waals surface area contributed by atoms with Crippen LogP contribution >= 0.6 is 0 Å². The molecule has 1 fully saturated rings. The molecule has 5 atom stereocenters. The summed E-state index contributed by atoms with van der Waals surface area (Å²) in [6.45, 7) is 9.15. The second-order valence-electron chi connectivity index (χ2n) is 11.2. The van der Waals surface area contributed by atoms with E-state index in [1.54, 1.807) is 21.0 Å². The first-order chi connectivity index (χ1) is 18.5. The molecule has 1 N–H and O–H groups in total. The van der Waals surface area contributed by atoms with Gasteiger partial charge in [0.25, 0.3) is 0 Å². The summed E-state index contributed by atoms with van der Waals surface area (Å²) in [6, 6.07) is 2.97. The quantitative estimate of drug-likeness (QED) is 0.455.